The number of fused-ring (bicyclic) bond motifs is 3. The second-order valence-electron chi connectivity index (χ2n) is 8.24. The number of hydrogen-bond donors (Lipinski definition) is 1. The first-order valence-corrected chi connectivity index (χ1v) is 13.2. The second-order valence-corrected chi connectivity index (χ2v) is 10.3. The minimum absolute atomic E-state index is 0.0634. The summed E-state index contributed by atoms with van der Waals surface area (Å²) in [5, 5.41) is 1.24. The molecule has 1 unspecified atom stereocenters. The molecular weight excluding hydrogens is 466 g/mol. The van der Waals surface area contributed by atoms with E-state index in [9.17, 15) is 9.59 Å². The first-order chi connectivity index (χ1) is 16.6. The third-order valence-corrected chi connectivity index (χ3v) is 7.99. The SMILES string of the molecule is CCOC(=O)CSc1nc2sc3c(c2c(=O)n1-c1ccccc1)CC[NH+](Cc1ccccc1)C3. The number of thioether (sulfide) groups is 1. The van der Waals surface area contributed by atoms with Crippen molar-refractivity contribution in [2.75, 3.05) is 18.9 Å². The van der Waals surface area contributed by atoms with Crippen LogP contribution in [-0.4, -0.2) is 34.4 Å². The van der Waals surface area contributed by atoms with E-state index in [2.05, 4.69) is 24.3 Å². The van der Waals surface area contributed by atoms with Gasteiger partial charge in [0.05, 0.1) is 34.9 Å². The number of carbonyl (C=O) groups is 1. The fraction of sp³-hybridized carbons (Fsp3) is 0.269. The van der Waals surface area contributed by atoms with Crippen LogP contribution in [0.3, 0.4) is 0 Å². The number of para-hydroxylation sites is 1. The van der Waals surface area contributed by atoms with Gasteiger partial charge in [0, 0.05) is 12.0 Å². The van der Waals surface area contributed by atoms with Crippen LogP contribution in [0, 0.1) is 0 Å². The first-order valence-electron chi connectivity index (χ1n) is 11.4. The van der Waals surface area contributed by atoms with E-state index in [1.807, 2.05) is 36.4 Å². The Labute approximate surface area is 206 Å². The molecule has 3 heterocycles. The van der Waals surface area contributed by atoms with Crippen molar-refractivity contribution in [3.63, 3.8) is 0 Å². The van der Waals surface area contributed by atoms with Gasteiger partial charge in [-0.25, -0.2) is 4.98 Å². The Morgan fingerprint density at radius 2 is 1.88 bits per heavy atom. The quantitative estimate of drug-likeness (QED) is 0.244. The molecule has 0 radical (unpaired) electrons. The van der Waals surface area contributed by atoms with Gasteiger partial charge in [0.25, 0.3) is 5.56 Å². The van der Waals surface area contributed by atoms with Crippen molar-refractivity contribution >= 4 is 39.3 Å². The fourth-order valence-corrected chi connectivity index (χ4v) is 6.56. The van der Waals surface area contributed by atoms with Crippen LogP contribution in [-0.2, 0) is 29.0 Å². The molecule has 0 saturated carbocycles. The van der Waals surface area contributed by atoms with Crippen molar-refractivity contribution in [1.82, 2.24) is 9.55 Å². The van der Waals surface area contributed by atoms with Gasteiger partial charge in [-0.3, -0.25) is 14.2 Å². The Balaban J connectivity index is 1.53. The molecule has 0 aliphatic carbocycles. The second kappa shape index (κ2) is 10.1. The number of hydrogen-bond acceptors (Lipinski definition) is 6. The average Bonchev–Trinajstić information content (AvgIpc) is 3.22. The van der Waals surface area contributed by atoms with E-state index in [1.165, 1.54) is 27.1 Å². The largest absolute Gasteiger partial charge is 0.465 e. The predicted molar refractivity (Wildman–Crippen MR) is 136 cm³/mol. The van der Waals surface area contributed by atoms with Crippen LogP contribution in [0.5, 0.6) is 0 Å². The highest BCUT2D eigenvalue weighted by Crippen LogP contribution is 2.32. The number of aromatic nitrogens is 2. The average molecular weight is 493 g/mol. The number of ether oxygens (including phenoxy) is 1. The molecule has 1 N–H and O–H groups in total. The molecule has 6 nitrogen and oxygen atoms in total. The lowest BCUT2D eigenvalue weighted by Crippen LogP contribution is -3.10. The van der Waals surface area contributed by atoms with E-state index < -0.39 is 0 Å². The van der Waals surface area contributed by atoms with Gasteiger partial charge in [0.2, 0.25) is 0 Å². The number of carbonyl (C=O) groups excluding carboxylic acids is 1. The van der Waals surface area contributed by atoms with Gasteiger partial charge in [0.15, 0.2) is 5.16 Å². The van der Waals surface area contributed by atoms with Gasteiger partial charge < -0.3 is 9.64 Å². The summed E-state index contributed by atoms with van der Waals surface area (Å²) in [7, 11) is 0. The van der Waals surface area contributed by atoms with Crippen LogP contribution >= 0.6 is 23.1 Å². The maximum atomic E-state index is 13.8. The molecule has 0 saturated heterocycles. The molecule has 0 fully saturated rings. The molecule has 0 amide bonds. The Morgan fingerprint density at radius 1 is 1.15 bits per heavy atom. The summed E-state index contributed by atoms with van der Waals surface area (Å²) in [6, 6.07) is 20.1. The minimum atomic E-state index is -0.313. The molecule has 4 aromatic rings. The van der Waals surface area contributed by atoms with E-state index in [0.717, 1.165) is 47.5 Å². The summed E-state index contributed by atoms with van der Waals surface area (Å²) in [5.41, 5.74) is 3.15. The zero-order chi connectivity index (χ0) is 23.5. The molecule has 2 aromatic carbocycles. The Hall–Kier alpha value is -2.94. The first kappa shape index (κ1) is 22.8. The third-order valence-electron chi connectivity index (χ3n) is 5.95. The van der Waals surface area contributed by atoms with Crippen molar-refractivity contribution in [3.05, 3.63) is 87.0 Å². The van der Waals surface area contributed by atoms with Crippen LogP contribution in [0.25, 0.3) is 15.9 Å². The van der Waals surface area contributed by atoms with E-state index in [1.54, 1.807) is 22.8 Å². The molecule has 34 heavy (non-hydrogen) atoms. The van der Waals surface area contributed by atoms with Crippen LogP contribution < -0.4 is 10.5 Å². The molecule has 1 aliphatic rings. The normalized spacial score (nSPS) is 15.3. The van der Waals surface area contributed by atoms with Crippen LogP contribution in [0.15, 0.2) is 70.6 Å². The molecule has 1 aliphatic heterocycles. The topological polar surface area (TPSA) is 65.6 Å². The highest BCUT2D eigenvalue weighted by atomic mass is 32.2. The fourth-order valence-electron chi connectivity index (χ4n) is 4.42. The highest BCUT2D eigenvalue weighted by molar-refractivity contribution is 7.99. The number of esters is 1. The van der Waals surface area contributed by atoms with Gasteiger partial charge in [0.1, 0.15) is 17.9 Å². The summed E-state index contributed by atoms with van der Waals surface area (Å²) >= 11 is 2.86. The van der Waals surface area contributed by atoms with Crippen LogP contribution in [0.4, 0.5) is 0 Å². The third kappa shape index (κ3) is 4.66. The lowest BCUT2D eigenvalue weighted by atomic mass is 10.0. The smallest absolute Gasteiger partial charge is 0.316 e. The van der Waals surface area contributed by atoms with E-state index in [4.69, 9.17) is 9.72 Å². The molecule has 174 valence electrons. The molecular formula is C26H26N3O3S2+. The Morgan fingerprint density at radius 3 is 2.62 bits per heavy atom. The Kier molecular flexibility index (Phi) is 6.80. The maximum absolute atomic E-state index is 13.8. The molecule has 0 spiro atoms. The summed E-state index contributed by atoms with van der Waals surface area (Å²) < 4.78 is 6.72. The summed E-state index contributed by atoms with van der Waals surface area (Å²) in [6.07, 6.45) is 0.860. The molecule has 1 atom stereocenters. The number of benzene rings is 2. The molecule has 2 aromatic heterocycles. The van der Waals surface area contributed by atoms with Gasteiger partial charge in [-0.05, 0) is 24.6 Å². The number of nitrogens with one attached hydrogen (secondary N) is 1. The van der Waals surface area contributed by atoms with Gasteiger partial charge in [-0.1, -0.05) is 60.3 Å². The van der Waals surface area contributed by atoms with Gasteiger partial charge in [-0.15, -0.1) is 11.3 Å². The van der Waals surface area contributed by atoms with Crippen molar-refractivity contribution in [3.8, 4) is 5.69 Å². The summed E-state index contributed by atoms with van der Waals surface area (Å²) in [6.45, 7) is 4.96. The Bertz CT molecular complexity index is 1370. The lowest BCUT2D eigenvalue weighted by Gasteiger charge is -2.24. The highest BCUT2D eigenvalue weighted by Gasteiger charge is 2.28. The number of thiophene rings is 1. The molecule has 5 rings (SSSR count). The monoisotopic (exact) mass is 492 g/mol. The minimum Gasteiger partial charge on any atom is -0.465 e. The van der Waals surface area contributed by atoms with E-state index >= 15 is 0 Å². The molecule has 0 bridgehead atoms. The van der Waals surface area contributed by atoms with Crippen molar-refractivity contribution in [2.45, 2.75) is 31.6 Å². The zero-order valence-corrected chi connectivity index (χ0v) is 20.6. The van der Waals surface area contributed by atoms with Gasteiger partial charge in [-0.2, -0.15) is 0 Å². The van der Waals surface area contributed by atoms with E-state index in [-0.39, 0.29) is 17.3 Å². The molecule has 8 heteroatoms. The maximum Gasteiger partial charge on any atom is 0.316 e. The van der Waals surface area contributed by atoms with Crippen molar-refractivity contribution in [2.24, 2.45) is 0 Å². The zero-order valence-electron chi connectivity index (χ0n) is 19.0. The summed E-state index contributed by atoms with van der Waals surface area (Å²) in [4.78, 5) is 34.2. The standard InChI is InChI=1S/C26H25N3O3S2/c1-2-32-22(30)17-33-26-27-24-23(25(31)29(26)19-11-7-4-8-12-19)20-13-14-28(16-21(20)34-24)15-18-9-5-3-6-10-18/h3-12H,2,13-17H2,1H3/p+1. The van der Waals surface area contributed by atoms with Crippen LogP contribution in [0.1, 0.15) is 22.9 Å². The van der Waals surface area contributed by atoms with Crippen molar-refractivity contribution < 1.29 is 14.4 Å². The number of nitrogens with zero attached hydrogens (tertiary/aromatic N) is 2. The van der Waals surface area contributed by atoms with Crippen LogP contribution in [0.2, 0.25) is 0 Å². The number of quaternary nitrogens is 1. The number of rotatable bonds is 7. The van der Waals surface area contributed by atoms with Gasteiger partial charge >= 0.3 is 5.97 Å². The summed E-state index contributed by atoms with van der Waals surface area (Å²) in [5.74, 6) is -0.203. The van der Waals surface area contributed by atoms with E-state index in [0.29, 0.717) is 11.8 Å². The van der Waals surface area contributed by atoms with Crippen molar-refractivity contribution in [1.29, 1.82) is 0 Å². The lowest BCUT2D eigenvalue weighted by molar-refractivity contribution is -0.929. The predicted octanol–water partition coefficient (Wildman–Crippen LogP) is 3.24.